The van der Waals surface area contributed by atoms with Crippen LogP contribution in [0, 0.1) is 0 Å². The summed E-state index contributed by atoms with van der Waals surface area (Å²) in [5.74, 6) is -1.15. The molecule has 3 aromatic rings. The zero-order valence-corrected chi connectivity index (χ0v) is 22.3. The van der Waals surface area contributed by atoms with Crippen molar-refractivity contribution in [1.82, 2.24) is 5.32 Å². The molecule has 0 unspecified atom stereocenters. The summed E-state index contributed by atoms with van der Waals surface area (Å²) in [6.07, 6.45) is -0.506. The Hall–Kier alpha value is -3.38. The molecule has 1 aliphatic rings. The molecule has 4 rings (SSSR count). The second-order valence-corrected chi connectivity index (χ2v) is 14.9. The van der Waals surface area contributed by atoms with Gasteiger partial charge < -0.3 is 15.2 Å². The molecule has 0 saturated heterocycles. The quantitative estimate of drug-likeness (QED) is 0.337. The molecule has 0 aliphatic heterocycles. The smallest absolute Gasteiger partial charge is 0.407 e. The van der Waals surface area contributed by atoms with Crippen LogP contribution in [0.5, 0.6) is 0 Å². The van der Waals surface area contributed by atoms with Gasteiger partial charge in [-0.05, 0) is 27.8 Å². The summed E-state index contributed by atoms with van der Waals surface area (Å²) in [5, 5.41) is 13.7. The maximum Gasteiger partial charge on any atom is 0.407 e. The highest BCUT2D eigenvalue weighted by Gasteiger charge is 2.31. The molecule has 0 spiro atoms. The van der Waals surface area contributed by atoms with Gasteiger partial charge in [0.1, 0.15) is 12.6 Å². The molecule has 0 radical (unpaired) electrons. The number of ether oxygens (including phenoxy) is 1. The van der Waals surface area contributed by atoms with Crippen molar-refractivity contribution in [3.8, 4) is 11.1 Å². The molecule has 1 amide bonds. The fourth-order valence-electron chi connectivity index (χ4n) is 5.57. The van der Waals surface area contributed by atoms with E-state index >= 15 is 0 Å². The van der Waals surface area contributed by atoms with Gasteiger partial charge in [-0.25, -0.2) is 9.59 Å². The maximum atomic E-state index is 12.6. The third kappa shape index (κ3) is 5.09. The predicted molar refractivity (Wildman–Crippen MR) is 147 cm³/mol. The number of fused-ring (bicyclic) bond motifs is 3. The van der Waals surface area contributed by atoms with Gasteiger partial charge in [0.2, 0.25) is 0 Å². The Kier molecular flexibility index (Phi) is 7.94. The van der Waals surface area contributed by atoms with Crippen LogP contribution in [-0.4, -0.2) is 37.9 Å². The highest BCUT2D eigenvalue weighted by Crippen LogP contribution is 2.44. The van der Waals surface area contributed by atoms with Crippen molar-refractivity contribution in [3.63, 3.8) is 0 Å². The van der Waals surface area contributed by atoms with Gasteiger partial charge in [0.25, 0.3) is 0 Å². The number of carboxylic acids is 1. The van der Waals surface area contributed by atoms with Crippen LogP contribution in [0.4, 0.5) is 4.79 Å². The molecule has 1 atom stereocenters. The normalized spacial score (nSPS) is 13.5. The maximum absolute atomic E-state index is 12.6. The first kappa shape index (κ1) is 25.7. The van der Waals surface area contributed by atoms with Gasteiger partial charge in [-0.1, -0.05) is 117 Å². The van der Waals surface area contributed by atoms with Crippen molar-refractivity contribution < 1.29 is 19.4 Å². The third-order valence-electron chi connectivity index (χ3n) is 7.97. The highest BCUT2D eigenvalue weighted by molar-refractivity contribution is 6.91. The van der Waals surface area contributed by atoms with E-state index in [1.807, 2.05) is 36.4 Å². The lowest BCUT2D eigenvalue weighted by Crippen LogP contribution is -2.46. The zero-order chi connectivity index (χ0) is 25.7. The molecule has 0 bridgehead atoms. The molecule has 1 aliphatic carbocycles. The first-order chi connectivity index (χ1) is 17.4. The molecule has 0 fully saturated rings. The van der Waals surface area contributed by atoms with Crippen LogP contribution in [0.1, 0.15) is 43.4 Å². The lowest BCUT2D eigenvalue weighted by molar-refractivity contribution is -0.139. The molecule has 0 heterocycles. The van der Waals surface area contributed by atoms with Crippen LogP contribution in [0.15, 0.2) is 72.8 Å². The first-order valence-electron chi connectivity index (χ1n) is 12.9. The van der Waals surface area contributed by atoms with E-state index in [1.54, 1.807) is 0 Å². The summed E-state index contributed by atoms with van der Waals surface area (Å²) in [5.41, 5.74) is 5.42. The number of aliphatic carboxylic acids is 1. The van der Waals surface area contributed by atoms with Crippen molar-refractivity contribution >= 4 is 25.3 Å². The van der Waals surface area contributed by atoms with Gasteiger partial charge in [0.15, 0.2) is 0 Å². The van der Waals surface area contributed by atoms with Gasteiger partial charge in [-0.15, -0.1) is 0 Å². The van der Waals surface area contributed by atoms with E-state index in [2.05, 4.69) is 62.5 Å². The van der Waals surface area contributed by atoms with Crippen LogP contribution in [0.2, 0.25) is 18.1 Å². The van der Waals surface area contributed by atoms with Crippen LogP contribution < -0.4 is 10.5 Å². The number of carbonyl (C=O) groups is 2. The van der Waals surface area contributed by atoms with Crippen molar-refractivity contribution in [2.75, 3.05) is 6.61 Å². The number of hydrogen-bond acceptors (Lipinski definition) is 3. The lowest BCUT2D eigenvalue weighted by Gasteiger charge is -2.28. The molecule has 0 saturated carbocycles. The number of rotatable bonds is 10. The van der Waals surface area contributed by atoms with Gasteiger partial charge in [0.05, 0.1) is 8.07 Å². The molecule has 188 valence electrons. The zero-order valence-electron chi connectivity index (χ0n) is 21.3. The van der Waals surface area contributed by atoms with Gasteiger partial charge in [0, 0.05) is 12.3 Å². The molecule has 3 aromatic carbocycles. The van der Waals surface area contributed by atoms with Crippen LogP contribution >= 0.6 is 0 Å². The molecule has 0 aromatic heterocycles. The average Bonchev–Trinajstić information content (AvgIpc) is 3.23. The monoisotopic (exact) mass is 501 g/mol. The van der Waals surface area contributed by atoms with Crippen molar-refractivity contribution in [3.05, 3.63) is 89.5 Å². The second kappa shape index (κ2) is 11.1. The van der Waals surface area contributed by atoms with Crippen molar-refractivity contribution in [1.29, 1.82) is 0 Å². The van der Waals surface area contributed by atoms with Crippen molar-refractivity contribution in [2.24, 2.45) is 0 Å². The van der Waals surface area contributed by atoms with E-state index in [9.17, 15) is 14.7 Å². The van der Waals surface area contributed by atoms with E-state index in [0.717, 1.165) is 27.8 Å². The van der Waals surface area contributed by atoms with Crippen LogP contribution in [-0.2, 0) is 16.0 Å². The third-order valence-corrected chi connectivity index (χ3v) is 13.6. The summed E-state index contributed by atoms with van der Waals surface area (Å²) < 4.78 is 5.56. The van der Waals surface area contributed by atoms with E-state index in [0.29, 0.717) is 0 Å². The Bertz CT molecular complexity index is 1170. The Balaban J connectivity index is 1.40. The SMILES string of the molecule is CC[Si](CC)(CC)c1ccc(C[C@H](NC(=O)OCC2c3ccccc3-c3ccccc32)C(=O)O)cc1. The molecule has 36 heavy (non-hydrogen) atoms. The fourth-order valence-corrected chi connectivity index (χ4v) is 9.17. The largest absolute Gasteiger partial charge is 0.480 e. The average molecular weight is 502 g/mol. The number of benzene rings is 3. The minimum atomic E-state index is -1.48. The fraction of sp³-hybridized carbons (Fsp3) is 0.333. The first-order valence-corrected chi connectivity index (χ1v) is 15.5. The van der Waals surface area contributed by atoms with Gasteiger partial charge in [-0.3, -0.25) is 0 Å². The van der Waals surface area contributed by atoms with E-state index in [4.69, 9.17) is 4.74 Å². The van der Waals surface area contributed by atoms with Gasteiger partial charge >= 0.3 is 12.1 Å². The minimum Gasteiger partial charge on any atom is -0.480 e. The Labute approximate surface area is 214 Å². The standard InChI is InChI=1S/C30H35NO4Si/c1-4-36(5-2,6-3)22-17-15-21(16-18-22)19-28(29(32)33)31-30(34)35-20-27-25-13-9-7-11-23(25)24-12-8-10-14-26(24)27/h7-18,27-28H,4-6,19-20H2,1-3H3,(H,31,34)(H,32,33)/t28-/m0/s1. The molecular weight excluding hydrogens is 466 g/mol. The predicted octanol–water partition coefficient (Wildman–Crippen LogP) is 5.94. The number of alkyl carbamates (subject to hydrolysis) is 1. The molecule has 2 N–H and O–H groups in total. The molecular formula is C30H35NO4Si. The molecule has 5 nitrogen and oxygen atoms in total. The Morgan fingerprint density at radius 3 is 1.89 bits per heavy atom. The lowest BCUT2D eigenvalue weighted by atomic mass is 9.98. The topological polar surface area (TPSA) is 75.6 Å². The number of carbonyl (C=O) groups excluding carboxylic acids is 1. The second-order valence-electron chi connectivity index (χ2n) is 9.60. The minimum absolute atomic E-state index is 0.0703. The summed E-state index contributed by atoms with van der Waals surface area (Å²) in [6, 6.07) is 27.1. The summed E-state index contributed by atoms with van der Waals surface area (Å²) in [6.45, 7) is 6.96. The van der Waals surface area contributed by atoms with E-state index in [1.165, 1.54) is 23.3 Å². The number of nitrogens with one attached hydrogen (secondary N) is 1. The number of carboxylic acid groups (broad SMARTS) is 1. The summed E-state index contributed by atoms with van der Waals surface area (Å²) >= 11 is 0. The summed E-state index contributed by atoms with van der Waals surface area (Å²) in [7, 11) is -1.48. The Morgan fingerprint density at radius 2 is 1.39 bits per heavy atom. The van der Waals surface area contributed by atoms with Crippen molar-refractivity contribution in [2.45, 2.75) is 57.3 Å². The highest BCUT2D eigenvalue weighted by atomic mass is 28.3. The van der Waals surface area contributed by atoms with Gasteiger partial charge in [-0.2, -0.15) is 0 Å². The summed E-state index contributed by atoms with van der Waals surface area (Å²) in [4.78, 5) is 24.6. The Morgan fingerprint density at radius 1 is 0.861 bits per heavy atom. The van der Waals surface area contributed by atoms with Crippen LogP contribution in [0.25, 0.3) is 11.1 Å². The van der Waals surface area contributed by atoms with E-state index < -0.39 is 26.2 Å². The molecule has 6 heteroatoms. The number of amides is 1. The number of hydrogen-bond donors (Lipinski definition) is 2. The van der Waals surface area contributed by atoms with E-state index in [-0.39, 0.29) is 18.9 Å². The van der Waals surface area contributed by atoms with Crippen LogP contribution in [0.3, 0.4) is 0 Å².